The lowest BCUT2D eigenvalue weighted by Crippen LogP contribution is -2.18. The van der Waals surface area contributed by atoms with Crippen LogP contribution >= 0.6 is 0 Å². The van der Waals surface area contributed by atoms with E-state index in [0.29, 0.717) is 6.61 Å². The van der Waals surface area contributed by atoms with Crippen molar-refractivity contribution in [3.05, 3.63) is 29.3 Å². The maximum Gasteiger partial charge on any atom is 0.122 e. The van der Waals surface area contributed by atoms with Crippen LogP contribution in [0.4, 0.5) is 0 Å². The third kappa shape index (κ3) is 4.39. The van der Waals surface area contributed by atoms with Crippen LogP contribution in [0.25, 0.3) is 0 Å². The van der Waals surface area contributed by atoms with Gasteiger partial charge in [-0.3, -0.25) is 0 Å². The Morgan fingerprint density at radius 1 is 1.29 bits per heavy atom. The van der Waals surface area contributed by atoms with Crippen LogP contribution < -0.4 is 10.5 Å². The molecule has 2 heteroatoms. The first-order chi connectivity index (χ1) is 7.83. The van der Waals surface area contributed by atoms with Crippen molar-refractivity contribution >= 4 is 0 Å². The summed E-state index contributed by atoms with van der Waals surface area (Å²) in [5.74, 6) is 0.958. The monoisotopic (exact) mass is 235 g/mol. The summed E-state index contributed by atoms with van der Waals surface area (Å²) in [7, 11) is 0. The molecule has 0 heterocycles. The Kier molecular flexibility index (Phi) is 4.58. The molecule has 0 aliphatic heterocycles. The Morgan fingerprint density at radius 2 is 1.94 bits per heavy atom. The van der Waals surface area contributed by atoms with E-state index in [9.17, 15) is 0 Å². The molecule has 1 rings (SSSR count). The van der Waals surface area contributed by atoms with Crippen LogP contribution in [0.15, 0.2) is 18.2 Å². The summed E-state index contributed by atoms with van der Waals surface area (Å²) in [5.41, 5.74) is 8.85. The van der Waals surface area contributed by atoms with Crippen molar-refractivity contribution in [2.24, 2.45) is 11.1 Å². The van der Waals surface area contributed by atoms with Crippen molar-refractivity contribution in [2.75, 3.05) is 6.61 Å². The van der Waals surface area contributed by atoms with E-state index in [1.54, 1.807) is 0 Å². The highest BCUT2D eigenvalue weighted by molar-refractivity contribution is 5.37. The maximum atomic E-state index is 6.23. The van der Waals surface area contributed by atoms with Gasteiger partial charge in [0.2, 0.25) is 0 Å². The number of hydrogen-bond donors (Lipinski definition) is 1. The Balaban J connectivity index is 2.82. The van der Waals surface area contributed by atoms with E-state index in [1.807, 2.05) is 13.0 Å². The minimum Gasteiger partial charge on any atom is -0.494 e. The Hall–Kier alpha value is -1.02. The van der Waals surface area contributed by atoms with E-state index in [4.69, 9.17) is 10.5 Å². The second kappa shape index (κ2) is 5.54. The number of aryl methyl sites for hydroxylation is 1. The molecule has 1 atom stereocenters. The summed E-state index contributed by atoms with van der Waals surface area (Å²) in [4.78, 5) is 0. The van der Waals surface area contributed by atoms with Gasteiger partial charge >= 0.3 is 0 Å². The largest absolute Gasteiger partial charge is 0.494 e. The van der Waals surface area contributed by atoms with Crippen molar-refractivity contribution in [2.45, 2.75) is 47.1 Å². The van der Waals surface area contributed by atoms with E-state index in [1.165, 1.54) is 5.56 Å². The van der Waals surface area contributed by atoms with Gasteiger partial charge in [0.05, 0.1) is 6.61 Å². The van der Waals surface area contributed by atoms with Gasteiger partial charge in [-0.05, 0) is 42.9 Å². The van der Waals surface area contributed by atoms with E-state index in [-0.39, 0.29) is 11.5 Å². The zero-order valence-corrected chi connectivity index (χ0v) is 11.7. The van der Waals surface area contributed by atoms with Crippen molar-refractivity contribution in [3.8, 4) is 5.75 Å². The summed E-state index contributed by atoms with van der Waals surface area (Å²) in [6.07, 6.45) is 0.987. The second-order valence-electron chi connectivity index (χ2n) is 5.83. The fourth-order valence-electron chi connectivity index (χ4n) is 2.00. The van der Waals surface area contributed by atoms with Gasteiger partial charge in [-0.2, -0.15) is 0 Å². The predicted molar refractivity (Wildman–Crippen MR) is 73.3 cm³/mol. The second-order valence-corrected chi connectivity index (χ2v) is 5.83. The Morgan fingerprint density at radius 3 is 2.41 bits per heavy atom. The van der Waals surface area contributed by atoms with Gasteiger partial charge in [0, 0.05) is 6.04 Å². The molecular weight excluding hydrogens is 210 g/mol. The minimum absolute atomic E-state index is 0.101. The van der Waals surface area contributed by atoms with Crippen molar-refractivity contribution in [1.29, 1.82) is 0 Å². The van der Waals surface area contributed by atoms with Gasteiger partial charge in [-0.1, -0.05) is 32.9 Å². The first kappa shape index (κ1) is 14.0. The van der Waals surface area contributed by atoms with Crippen molar-refractivity contribution < 1.29 is 4.74 Å². The quantitative estimate of drug-likeness (QED) is 0.860. The highest BCUT2D eigenvalue weighted by atomic mass is 16.5. The van der Waals surface area contributed by atoms with E-state index in [0.717, 1.165) is 17.7 Å². The fourth-order valence-corrected chi connectivity index (χ4v) is 2.00. The first-order valence-corrected chi connectivity index (χ1v) is 6.32. The van der Waals surface area contributed by atoms with Crippen LogP contribution in [0.2, 0.25) is 0 Å². The number of benzene rings is 1. The van der Waals surface area contributed by atoms with Crippen LogP contribution in [-0.2, 0) is 0 Å². The molecule has 2 nitrogen and oxygen atoms in total. The first-order valence-electron chi connectivity index (χ1n) is 6.32. The highest BCUT2D eigenvalue weighted by Crippen LogP contribution is 2.29. The van der Waals surface area contributed by atoms with Gasteiger partial charge in [-0.25, -0.2) is 0 Å². The van der Waals surface area contributed by atoms with E-state index >= 15 is 0 Å². The molecule has 0 fully saturated rings. The minimum atomic E-state index is 0.101. The van der Waals surface area contributed by atoms with Crippen molar-refractivity contribution in [3.63, 3.8) is 0 Å². The maximum absolute atomic E-state index is 6.23. The predicted octanol–water partition coefficient (Wildman–Crippen LogP) is 3.83. The number of nitrogens with two attached hydrogens (primary N) is 1. The normalized spacial score (nSPS) is 13.5. The van der Waals surface area contributed by atoms with Crippen LogP contribution in [0.3, 0.4) is 0 Å². The Labute approximate surface area is 105 Å². The lowest BCUT2D eigenvalue weighted by Gasteiger charge is -2.24. The molecule has 2 N–H and O–H groups in total. The molecule has 0 spiro atoms. The van der Waals surface area contributed by atoms with Crippen LogP contribution in [0.5, 0.6) is 5.75 Å². The molecule has 1 aromatic carbocycles. The molecule has 0 bridgehead atoms. The molecule has 96 valence electrons. The van der Waals surface area contributed by atoms with Gasteiger partial charge in [0.1, 0.15) is 5.75 Å². The van der Waals surface area contributed by atoms with Gasteiger partial charge < -0.3 is 10.5 Å². The average Bonchev–Trinajstić information content (AvgIpc) is 2.18. The smallest absolute Gasteiger partial charge is 0.122 e. The Bertz CT molecular complexity index is 366. The molecule has 0 aromatic heterocycles. The summed E-state index contributed by atoms with van der Waals surface area (Å²) < 4.78 is 5.53. The lowest BCUT2D eigenvalue weighted by molar-refractivity contribution is 0.335. The zero-order chi connectivity index (χ0) is 13.1. The van der Waals surface area contributed by atoms with E-state index < -0.39 is 0 Å². The highest BCUT2D eigenvalue weighted by Gasteiger charge is 2.17. The molecule has 0 saturated carbocycles. The van der Waals surface area contributed by atoms with Crippen LogP contribution in [0.1, 0.15) is 51.3 Å². The van der Waals surface area contributed by atoms with Crippen LogP contribution in [-0.4, -0.2) is 6.61 Å². The van der Waals surface area contributed by atoms with Gasteiger partial charge in [0.15, 0.2) is 0 Å². The molecular formula is C15H25NO. The summed E-state index contributed by atoms with van der Waals surface area (Å²) in [6.45, 7) is 11.4. The fraction of sp³-hybridized carbons (Fsp3) is 0.600. The van der Waals surface area contributed by atoms with Gasteiger partial charge in [0.25, 0.3) is 0 Å². The van der Waals surface area contributed by atoms with Crippen LogP contribution in [0, 0.1) is 12.3 Å². The molecule has 1 aromatic rings. The third-order valence-electron chi connectivity index (χ3n) is 2.76. The van der Waals surface area contributed by atoms with Crippen molar-refractivity contribution in [1.82, 2.24) is 0 Å². The third-order valence-corrected chi connectivity index (χ3v) is 2.76. The number of hydrogen-bond acceptors (Lipinski definition) is 2. The molecule has 0 aliphatic carbocycles. The summed E-state index contributed by atoms with van der Waals surface area (Å²) in [5, 5.41) is 0. The molecule has 1 unspecified atom stereocenters. The number of rotatable bonds is 4. The molecule has 0 amide bonds. The van der Waals surface area contributed by atoms with Gasteiger partial charge in [-0.15, -0.1) is 0 Å². The molecule has 0 radical (unpaired) electrons. The zero-order valence-electron chi connectivity index (χ0n) is 11.7. The molecule has 17 heavy (non-hydrogen) atoms. The average molecular weight is 235 g/mol. The SMILES string of the molecule is CCOc1ccc(C(N)CC(C)(C)C)cc1C. The molecule has 0 saturated heterocycles. The lowest BCUT2D eigenvalue weighted by atomic mass is 9.85. The van der Waals surface area contributed by atoms with E-state index in [2.05, 4.69) is 39.8 Å². The summed E-state index contributed by atoms with van der Waals surface area (Å²) >= 11 is 0. The standard InChI is InChI=1S/C15H25NO/c1-6-17-14-8-7-12(9-11(14)2)13(16)10-15(3,4)5/h7-9,13H,6,10,16H2,1-5H3. The number of ether oxygens (including phenoxy) is 1. The topological polar surface area (TPSA) is 35.2 Å². The summed E-state index contributed by atoms with van der Waals surface area (Å²) in [6, 6.07) is 6.34. The molecule has 0 aliphatic rings.